The summed E-state index contributed by atoms with van der Waals surface area (Å²) < 4.78 is 0. The van der Waals surface area contributed by atoms with Crippen LogP contribution in [0.2, 0.25) is 5.02 Å². The molecule has 3 aromatic rings. The first-order valence-electron chi connectivity index (χ1n) is 12.9. The number of aromatic nitrogens is 2. The van der Waals surface area contributed by atoms with Gasteiger partial charge in [-0.25, -0.2) is 0 Å². The number of piperidine rings is 1. The van der Waals surface area contributed by atoms with E-state index >= 15 is 0 Å². The highest BCUT2D eigenvalue weighted by Crippen LogP contribution is 2.28. The van der Waals surface area contributed by atoms with Crippen LogP contribution in [-0.2, 0) is 29.0 Å². The van der Waals surface area contributed by atoms with E-state index < -0.39 is 5.92 Å². The van der Waals surface area contributed by atoms with Gasteiger partial charge in [0, 0.05) is 36.6 Å². The zero-order chi connectivity index (χ0) is 25.8. The molecule has 0 spiro atoms. The Kier molecular flexibility index (Phi) is 8.17. The van der Waals surface area contributed by atoms with Crippen LogP contribution in [0.25, 0.3) is 0 Å². The van der Waals surface area contributed by atoms with Gasteiger partial charge in [0.25, 0.3) is 0 Å². The molecule has 0 saturated carbocycles. The van der Waals surface area contributed by atoms with Gasteiger partial charge in [0.05, 0.1) is 5.92 Å². The number of nitrogens with one attached hydrogen (secondary N) is 1. The van der Waals surface area contributed by atoms with Crippen LogP contribution in [0.5, 0.6) is 0 Å². The number of likely N-dealkylation sites (tertiary alicyclic amines) is 1. The summed E-state index contributed by atoms with van der Waals surface area (Å²) in [7, 11) is 0. The summed E-state index contributed by atoms with van der Waals surface area (Å²) in [6.07, 6.45) is 4.26. The van der Waals surface area contributed by atoms with E-state index in [-0.39, 0.29) is 18.2 Å². The van der Waals surface area contributed by atoms with E-state index in [4.69, 9.17) is 11.6 Å². The number of aryl methyl sites for hydroxylation is 2. The van der Waals surface area contributed by atoms with Crippen molar-refractivity contribution in [2.75, 3.05) is 29.9 Å². The average molecular weight is 538 g/mol. The molecule has 2 saturated heterocycles. The second kappa shape index (κ2) is 11.7. The molecule has 7 nitrogen and oxygen atoms in total. The normalized spacial score (nSPS) is 18.9. The summed E-state index contributed by atoms with van der Waals surface area (Å²) in [5.74, 6) is 0.189. The molecule has 2 aromatic carbocycles. The second-order valence-corrected chi connectivity index (χ2v) is 11.6. The highest BCUT2D eigenvalue weighted by atomic mass is 35.5. The zero-order valence-electron chi connectivity index (χ0n) is 21.0. The summed E-state index contributed by atoms with van der Waals surface area (Å²) in [5, 5.41) is 13.2. The van der Waals surface area contributed by atoms with Crippen molar-refractivity contribution in [2.45, 2.75) is 45.6 Å². The number of halogens is 1. The molecule has 0 bridgehead atoms. The molecule has 2 aliphatic heterocycles. The Labute approximate surface area is 226 Å². The van der Waals surface area contributed by atoms with Crippen LogP contribution < -0.4 is 10.2 Å². The van der Waals surface area contributed by atoms with Gasteiger partial charge in [-0.2, -0.15) is 0 Å². The summed E-state index contributed by atoms with van der Waals surface area (Å²) in [6, 6.07) is 15.9. The Morgan fingerprint density at radius 1 is 1.03 bits per heavy atom. The Balaban J connectivity index is 1.12. The maximum absolute atomic E-state index is 12.9. The number of benzene rings is 2. The molecular formula is C28H32ClN5O2S. The van der Waals surface area contributed by atoms with Crippen molar-refractivity contribution in [2.24, 2.45) is 11.8 Å². The van der Waals surface area contributed by atoms with E-state index in [1.807, 2.05) is 36.4 Å². The molecule has 1 atom stereocenters. The van der Waals surface area contributed by atoms with Crippen LogP contribution in [0.15, 0.2) is 48.5 Å². The topological polar surface area (TPSA) is 78.4 Å². The van der Waals surface area contributed by atoms with Crippen LogP contribution in [0.4, 0.5) is 10.8 Å². The number of nitrogens with zero attached hydrogens (tertiary/aromatic N) is 4. The third-order valence-electron chi connectivity index (χ3n) is 7.26. The minimum absolute atomic E-state index is 0.0289. The molecule has 0 unspecified atom stereocenters. The van der Waals surface area contributed by atoms with Crippen molar-refractivity contribution < 1.29 is 9.59 Å². The first-order valence-corrected chi connectivity index (χ1v) is 14.1. The molecule has 0 radical (unpaired) electrons. The Hall–Kier alpha value is -2.81. The number of anilines is 2. The average Bonchev–Trinajstić information content (AvgIpc) is 3.52. The van der Waals surface area contributed by atoms with Crippen molar-refractivity contribution in [1.29, 1.82) is 0 Å². The van der Waals surface area contributed by atoms with Crippen molar-refractivity contribution >= 4 is 45.6 Å². The highest BCUT2D eigenvalue weighted by Gasteiger charge is 2.35. The Morgan fingerprint density at radius 2 is 1.73 bits per heavy atom. The third kappa shape index (κ3) is 6.74. The van der Waals surface area contributed by atoms with Crippen molar-refractivity contribution in [3.63, 3.8) is 0 Å². The molecule has 2 amide bonds. The predicted octanol–water partition coefficient (Wildman–Crippen LogP) is 5.20. The number of hydrogen-bond acceptors (Lipinski definition) is 6. The van der Waals surface area contributed by atoms with Crippen LogP contribution in [-0.4, -0.2) is 46.5 Å². The molecule has 2 aliphatic rings. The fourth-order valence-electron chi connectivity index (χ4n) is 4.91. The minimum atomic E-state index is -0.413. The number of amides is 2. The summed E-state index contributed by atoms with van der Waals surface area (Å²) in [5.41, 5.74) is 3.27. The molecule has 37 heavy (non-hydrogen) atoms. The summed E-state index contributed by atoms with van der Waals surface area (Å²) in [6.45, 7) is 5.92. The van der Waals surface area contributed by atoms with Gasteiger partial charge < -0.3 is 10.2 Å². The predicted molar refractivity (Wildman–Crippen MR) is 148 cm³/mol. The molecule has 2 fully saturated rings. The fourth-order valence-corrected chi connectivity index (χ4v) is 5.78. The lowest BCUT2D eigenvalue weighted by Crippen LogP contribution is -2.32. The van der Waals surface area contributed by atoms with Gasteiger partial charge in [-0.1, -0.05) is 54.1 Å². The first-order chi connectivity index (χ1) is 17.9. The fraction of sp³-hybridized carbons (Fsp3) is 0.429. The Morgan fingerprint density at radius 3 is 2.46 bits per heavy atom. The Bertz CT molecular complexity index is 1220. The molecule has 9 heteroatoms. The smallest absolute Gasteiger partial charge is 0.231 e. The third-order valence-corrected chi connectivity index (χ3v) is 8.41. The molecule has 5 rings (SSSR count). The molecule has 3 heterocycles. The number of hydrogen-bond donors (Lipinski definition) is 1. The van der Waals surface area contributed by atoms with Gasteiger partial charge in [0.1, 0.15) is 5.01 Å². The van der Waals surface area contributed by atoms with Gasteiger partial charge in [0.2, 0.25) is 16.9 Å². The van der Waals surface area contributed by atoms with Crippen LogP contribution in [0.3, 0.4) is 0 Å². The van der Waals surface area contributed by atoms with Crippen LogP contribution in [0.1, 0.15) is 42.3 Å². The minimum Gasteiger partial charge on any atom is -0.312 e. The van der Waals surface area contributed by atoms with Gasteiger partial charge >= 0.3 is 0 Å². The molecule has 0 aliphatic carbocycles. The molecule has 1 aromatic heterocycles. The highest BCUT2D eigenvalue weighted by molar-refractivity contribution is 7.15. The molecule has 194 valence electrons. The lowest BCUT2D eigenvalue weighted by molar-refractivity contribution is -0.122. The largest absolute Gasteiger partial charge is 0.312 e. The lowest BCUT2D eigenvalue weighted by Gasteiger charge is -2.30. The maximum Gasteiger partial charge on any atom is 0.231 e. The molecule has 1 N–H and O–H groups in total. The number of carbonyl (C=O) groups is 2. The van der Waals surface area contributed by atoms with E-state index in [0.717, 1.165) is 49.1 Å². The van der Waals surface area contributed by atoms with Crippen molar-refractivity contribution in [3.8, 4) is 0 Å². The lowest BCUT2D eigenvalue weighted by atomic mass is 9.99. The molecular weight excluding hydrogens is 506 g/mol. The van der Waals surface area contributed by atoms with Gasteiger partial charge in [-0.05, 0) is 73.7 Å². The van der Waals surface area contributed by atoms with Gasteiger partial charge in [-0.3, -0.25) is 14.5 Å². The van der Waals surface area contributed by atoms with E-state index in [1.165, 1.54) is 35.3 Å². The maximum atomic E-state index is 12.9. The number of rotatable bonds is 8. The number of carbonyl (C=O) groups excluding carboxylic acids is 2. The van der Waals surface area contributed by atoms with Gasteiger partial charge in [-0.15, -0.1) is 10.2 Å². The second-order valence-electron chi connectivity index (χ2n) is 10.1. The first kappa shape index (κ1) is 25.8. The van der Waals surface area contributed by atoms with Crippen LogP contribution in [0, 0.1) is 11.8 Å². The summed E-state index contributed by atoms with van der Waals surface area (Å²) >= 11 is 7.32. The van der Waals surface area contributed by atoms with E-state index in [0.29, 0.717) is 16.7 Å². The van der Waals surface area contributed by atoms with E-state index in [9.17, 15) is 9.59 Å². The van der Waals surface area contributed by atoms with E-state index in [2.05, 4.69) is 39.5 Å². The zero-order valence-corrected chi connectivity index (χ0v) is 22.6. The van der Waals surface area contributed by atoms with Crippen molar-refractivity contribution in [3.05, 3.63) is 69.7 Å². The SMILES string of the molecule is CC1CCN(Cc2ccc(N3C[C@@H](C(=O)Nc4nnc(CCc5ccc(Cl)cc5)s4)CC3=O)cc2)CC1. The van der Waals surface area contributed by atoms with Crippen LogP contribution >= 0.6 is 22.9 Å². The monoisotopic (exact) mass is 537 g/mol. The summed E-state index contributed by atoms with van der Waals surface area (Å²) in [4.78, 5) is 29.8. The van der Waals surface area contributed by atoms with Crippen molar-refractivity contribution in [1.82, 2.24) is 15.1 Å². The standard InChI is InChI=1S/C28H32ClN5O2S/c1-19-12-14-33(15-13-19)17-21-4-9-24(10-5-21)34-18-22(16-26(34)35)27(36)30-28-32-31-25(37-28)11-6-20-2-7-23(29)8-3-20/h2-5,7-10,19,22H,6,11-18H2,1H3,(H,30,32,36)/t22-/m0/s1. The van der Waals surface area contributed by atoms with Gasteiger partial charge in [0.15, 0.2) is 0 Å². The quantitative estimate of drug-likeness (QED) is 0.427. The van der Waals surface area contributed by atoms with E-state index in [1.54, 1.807) is 4.90 Å².